The maximum atomic E-state index is 14.6. The number of anilines is 1. The fourth-order valence-electron chi connectivity index (χ4n) is 11.1. The van der Waals surface area contributed by atoms with E-state index in [4.69, 9.17) is 13.3 Å². The molecule has 5 heterocycles. The van der Waals surface area contributed by atoms with Crippen molar-refractivity contribution in [2.45, 2.75) is 67.7 Å². The van der Waals surface area contributed by atoms with Crippen molar-refractivity contribution >= 4 is 99.3 Å². The van der Waals surface area contributed by atoms with E-state index in [0.717, 1.165) is 25.8 Å². The Bertz CT molecular complexity index is 4110. The number of non-ortho nitro benzene ring substituents is 1. The number of hydrogen-bond donors (Lipinski definition) is 0. The molecule has 0 aliphatic heterocycles. The van der Waals surface area contributed by atoms with Crippen LogP contribution in [-0.2, 0) is 23.5 Å². The van der Waals surface area contributed by atoms with Crippen molar-refractivity contribution in [3.63, 3.8) is 0 Å². The maximum absolute atomic E-state index is 14.6. The molecule has 15 heteroatoms. The molecular formula is C64H58N4O6S4Si. The lowest BCUT2D eigenvalue weighted by molar-refractivity contribution is -0.384. The number of rotatable bonds is 17. The van der Waals surface area contributed by atoms with Gasteiger partial charge in [0.25, 0.3) is 11.6 Å². The third-order valence-corrected chi connectivity index (χ3v) is 23.2. The Kier molecular flexibility index (Phi) is 14.7. The van der Waals surface area contributed by atoms with Crippen LogP contribution in [0.2, 0.25) is 0 Å². The molecule has 0 radical (unpaired) electrons. The largest absolute Gasteiger partial charge is 0.521 e. The van der Waals surface area contributed by atoms with Gasteiger partial charge in [0.2, 0.25) is 0 Å². The SMILES string of the molecule is CCO[Si](CN(C(=O)/C(C#N)=C/c1sc(-c2sc(-c3sc(-c4sc(-c5ccc6c(c5)c5ccccc5n6-c5ccc6c(c5)C(C)(C)c5ccccc5-6)cc4C)cc3C)cc2C)cc1C)c1cccc([N+](=O)[O-])c1)(OCC)OCC. The van der Waals surface area contributed by atoms with Crippen molar-refractivity contribution in [3.8, 4) is 62.6 Å². The predicted molar refractivity (Wildman–Crippen MR) is 330 cm³/mol. The van der Waals surface area contributed by atoms with E-state index < -0.39 is 19.6 Å². The number of nitro benzene ring substituents is 1. The monoisotopic (exact) mass is 1130 g/mol. The molecule has 5 aromatic heterocycles. The number of benzene rings is 5. The van der Waals surface area contributed by atoms with Crippen LogP contribution in [0, 0.1) is 49.1 Å². The van der Waals surface area contributed by atoms with E-state index in [0.29, 0.717) is 0 Å². The molecule has 0 unspecified atom stereocenters. The number of nitriles is 1. The highest BCUT2D eigenvalue weighted by Crippen LogP contribution is 2.51. The molecule has 0 N–H and O–H groups in total. The average molecular weight is 1140 g/mol. The van der Waals surface area contributed by atoms with E-state index in [-0.39, 0.29) is 48.4 Å². The summed E-state index contributed by atoms with van der Waals surface area (Å²) >= 11 is 6.94. The normalized spacial score (nSPS) is 13.0. The second-order valence-electron chi connectivity index (χ2n) is 20.3. The zero-order chi connectivity index (χ0) is 55.5. The number of carbonyl (C=O) groups excluding carboxylic acids is 1. The van der Waals surface area contributed by atoms with Crippen LogP contribution in [0.4, 0.5) is 11.4 Å². The second kappa shape index (κ2) is 21.5. The lowest BCUT2D eigenvalue weighted by Gasteiger charge is -2.33. The minimum atomic E-state index is -3.55. The Morgan fingerprint density at radius 2 is 1.24 bits per heavy atom. The summed E-state index contributed by atoms with van der Waals surface area (Å²) < 4.78 is 20.8. The Morgan fingerprint density at radius 1 is 0.658 bits per heavy atom. The first-order valence-electron chi connectivity index (χ1n) is 26.4. The zero-order valence-corrected chi connectivity index (χ0v) is 49.7. The molecular weight excluding hydrogens is 1080 g/mol. The summed E-state index contributed by atoms with van der Waals surface area (Å²) in [5.74, 6) is -0.646. The maximum Gasteiger partial charge on any atom is 0.521 e. The van der Waals surface area contributed by atoms with Gasteiger partial charge in [0.15, 0.2) is 0 Å². The molecule has 0 saturated carbocycles. The van der Waals surface area contributed by atoms with E-state index in [1.807, 2.05) is 50.4 Å². The van der Waals surface area contributed by atoms with Gasteiger partial charge >= 0.3 is 8.80 Å². The number of nitro groups is 1. The van der Waals surface area contributed by atoms with Gasteiger partial charge in [-0.15, -0.1) is 45.3 Å². The molecule has 0 spiro atoms. The standard InChI is InChI=1S/C64H58N4O6S4Si/c1-10-72-79(73-11-2,74-12-3)37-66(44-18-17-19-46(34-44)68(70)71)63(69)43(36-65)33-55-38(4)28-57(75-55)60-40(6)30-59(77-60)62-41(7)31-58(78-62)61-39(5)29-56(76-61)42-24-27-54-50(32-42)49-21-14-16-23-53(49)67(54)45-25-26-48-47-20-13-15-22-51(47)64(8,9)52(48)35-45/h13-35H,10-12,37H2,1-9H3/b43-33+. The van der Waals surface area contributed by atoms with Gasteiger partial charge in [-0.3, -0.25) is 14.9 Å². The van der Waals surface area contributed by atoms with Gasteiger partial charge in [0.1, 0.15) is 11.6 Å². The number of para-hydroxylation sites is 1. The van der Waals surface area contributed by atoms with Gasteiger partial charge in [-0.25, -0.2) is 0 Å². The third-order valence-electron chi connectivity index (χ3n) is 14.8. The molecule has 0 bridgehead atoms. The highest BCUT2D eigenvalue weighted by Gasteiger charge is 2.45. The van der Waals surface area contributed by atoms with Crippen LogP contribution < -0.4 is 4.90 Å². The van der Waals surface area contributed by atoms with Gasteiger partial charge in [0, 0.05) is 92.8 Å². The first-order chi connectivity index (χ1) is 38.1. The molecule has 398 valence electrons. The summed E-state index contributed by atoms with van der Waals surface area (Å²) in [6.45, 7) is 19.4. The van der Waals surface area contributed by atoms with Crippen LogP contribution in [-0.4, -0.2) is 50.2 Å². The minimum absolute atomic E-state index is 0.0950. The van der Waals surface area contributed by atoms with Crippen LogP contribution in [0.3, 0.4) is 0 Å². The van der Waals surface area contributed by atoms with Gasteiger partial charge < -0.3 is 22.7 Å². The number of fused-ring (bicyclic) bond motifs is 6. The number of thiophene rings is 4. The Morgan fingerprint density at radius 3 is 1.90 bits per heavy atom. The smallest absolute Gasteiger partial charge is 0.373 e. The molecule has 10 aromatic rings. The number of aromatic nitrogens is 1. The second-order valence-corrected chi connectivity index (χ2v) is 27.1. The Hall–Kier alpha value is -7.10. The van der Waals surface area contributed by atoms with E-state index >= 15 is 0 Å². The van der Waals surface area contributed by atoms with E-state index in [2.05, 4.69) is 154 Å². The van der Waals surface area contributed by atoms with Gasteiger partial charge in [-0.05, 0) is 165 Å². The molecule has 0 fully saturated rings. The van der Waals surface area contributed by atoms with Gasteiger partial charge in [-0.2, -0.15) is 5.26 Å². The van der Waals surface area contributed by atoms with Crippen molar-refractivity contribution in [2.75, 3.05) is 30.9 Å². The summed E-state index contributed by atoms with van der Waals surface area (Å²) in [4.78, 5) is 36.4. The Balaban J connectivity index is 0.874. The Labute approximate surface area is 477 Å². The van der Waals surface area contributed by atoms with Crippen molar-refractivity contribution < 1.29 is 23.0 Å². The summed E-state index contributed by atoms with van der Waals surface area (Å²) in [6, 6.07) is 48.5. The van der Waals surface area contributed by atoms with Crippen LogP contribution in [0.5, 0.6) is 0 Å². The summed E-state index contributed by atoms with van der Waals surface area (Å²) in [5.41, 5.74) is 14.4. The van der Waals surface area contributed by atoms with E-state index in [1.165, 1.54) is 125 Å². The first kappa shape index (κ1) is 53.9. The molecule has 79 heavy (non-hydrogen) atoms. The van der Waals surface area contributed by atoms with Gasteiger partial charge in [-0.1, -0.05) is 74.5 Å². The van der Waals surface area contributed by atoms with E-state index in [9.17, 15) is 20.2 Å². The zero-order valence-electron chi connectivity index (χ0n) is 45.5. The van der Waals surface area contributed by atoms with E-state index in [1.54, 1.807) is 23.5 Å². The number of hydrogen-bond acceptors (Lipinski definition) is 11. The first-order valence-corrected chi connectivity index (χ1v) is 31.6. The number of carbonyl (C=O) groups is 1. The van der Waals surface area contributed by atoms with Crippen LogP contribution in [0.15, 0.2) is 139 Å². The van der Waals surface area contributed by atoms with Crippen molar-refractivity contribution in [1.82, 2.24) is 4.57 Å². The van der Waals surface area contributed by atoms with Crippen molar-refractivity contribution in [1.29, 1.82) is 5.26 Å². The molecule has 1 aliphatic rings. The molecule has 10 nitrogen and oxygen atoms in total. The predicted octanol–water partition coefficient (Wildman–Crippen LogP) is 17.7. The molecule has 11 rings (SSSR count). The van der Waals surface area contributed by atoms with Crippen molar-refractivity contribution in [2.24, 2.45) is 0 Å². The number of nitrogens with zero attached hydrogens (tertiary/aromatic N) is 4. The fourth-order valence-corrected chi connectivity index (χ4v) is 18.8. The minimum Gasteiger partial charge on any atom is -0.373 e. The molecule has 1 amide bonds. The van der Waals surface area contributed by atoms with Crippen LogP contribution in [0.1, 0.15) is 72.9 Å². The highest BCUT2D eigenvalue weighted by molar-refractivity contribution is 7.29. The summed E-state index contributed by atoms with van der Waals surface area (Å²) in [7, 11) is -3.55. The highest BCUT2D eigenvalue weighted by atomic mass is 32.1. The third kappa shape index (κ3) is 9.74. The summed E-state index contributed by atoms with van der Waals surface area (Å²) in [5, 5.41) is 24.9. The van der Waals surface area contributed by atoms with Crippen molar-refractivity contribution in [3.05, 3.63) is 187 Å². The number of aryl methyl sites for hydroxylation is 4. The quantitative estimate of drug-likeness (QED) is 0.0293. The lowest BCUT2D eigenvalue weighted by atomic mass is 9.82. The van der Waals surface area contributed by atoms with Crippen LogP contribution in [0.25, 0.3) is 84.4 Å². The number of amides is 1. The fraction of sp³-hybridized carbons (Fsp3) is 0.219. The molecule has 1 aliphatic carbocycles. The lowest BCUT2D eigenvalue weighted by Crippen LogP contribution is -2.57. The summed E-state index contributed by atoms with van der Waals surface area (Å²) in [6.07, 6.45) is 1.46. The van der Waals surface area contributed by atoms with Gasteiger partial charge in [0.05, 0.1) is 27.8 Å². The topological polar surface area (TPSA) is 120 Å². The van der Waals surface area contributed by atoms with Crippen LogP contribution >= 0.6 is 45.3 Å². The molecule has 0 atom stereocenters. The molecule has 5 aromatic carbocycles. The average Bonchev–Trinajstić information content (AvgIpc) is 4.19. The molecule has 0 saturated heterocycles.